The molecule has 2 aromatic rings. The monoisotopic (exact) mass is 450 g/mol. The number of nitrogens with zero attached hydrogens (tertiary/aromatic N) is 4. The number of aromatic nitrogens is 3. The molecule has 4 atom stereocenters. The van der Waals surface area contributed by atoms with Gasteiger partial charge in [-0.25, -0.2) is 9.67 Å². The van der Waals surface area contributed by atoms with Gasteiger partial charge in [0.2, 0.25) is 0 Å². The molecule has 1 aliphatic heterocycles. The van der Waals surface area contributed by atoms with E-state index in [9.17, 15) is 13.2 Å². The topological polar surface area (TPSA) is 52.4 Å². The van der Waals surface area contributed by atoms with Crippen molar-refractivity contribution >= 4 is 0 Å². The number of hydrogen-bond donors (Lipinski definition) is 0. The minimum absolute atomic E-state index is 0.126. The van der Waals surface area contributed by atoms with Crippen LogP contribution in [0.2, 0.25) is 0 Å². The van der Waals surface area contributed by atoms with Crippen LogP contribution in [0.5, 0.6) is 5.75 Å². The van der Waals surface area contributed by atoms with Crippen molar-refractivity contribution in [2.24, 2.45) is 11.8 Å². The molecule has 3 fully saturated rings. The minimum Gasteiger partial charge on any atom is -0.406 e. The van der Waals surface area contributed by atoms with Crippen molar-refractivity contribution in [1.29, 1.82) is 0 Å². The van der Waals surface area contributed by atoms with Crippen molar-refractivity contribution in [3.63, 3.8) is 0 Å². The van der Waals surface area contributed by atoms with E-state index in [1.807, 2.05) is 4.68 Å². The van der Waals surface area contributed by atoms with E-state index in [1.165, 1.54) is 31.0 Å². The van der Waals surface area contributed by atoms with Gasteiger partial charge in [-0.05, 0) is 57.1 Å². The van der Waals surface area contributed by atoms with Gasteiger partial charge in [-0.1, -0.05) is 12.1 Å². The lowest BCUT2D eigenvalue weighted by Crippen LogP contribution is -2.36. The Balaban J connectivity index is 1.33. The second-order valence-electron chi connectivity index (χ2n) is 9.39. The number of benzene rings is 1. The average molecular weight is 451 g/mol. The molecule has 0 N–H and O–H groups in total. The summed E-state index contributed by atoms with van der Waals surface area (Å²) < 4.78 is 49.5. The van der Waals surface area contributed by atoms with Gasteiger partial charge in [0.15, 0.2) is 5.82 Å². The third-order valence-electron chi connectivity index (χ3n) is 6.96. The maximum atomic E-state index is 12.6. The second kappa shape index (κ2) is 8.33. The first-order valence-corrected chi connectivity index (χ1v) is 11.4. The van der Waals surface area contributed by atoms with E-state index >= 15 is 0 Å². The molecule has 1 saturated heterocycles. The second-order valence-corrected chi connectivity index (χ2v) is 9.39. The smallest absolute Gasteiger partial charge is 0.406 e. The third-order valence-corrected chi connectivity index (χ3v) is 6.96. The summed E-state index contributed by atoms with van der Waals surface area (Å²) in [6.45, 7) is 7.91. The van der Waals surface area contributed by atoms with E-state index in [-0.39, 0.29) is 11.8 Å². The number of halogens is 3. The SMILES string of the molecule is CC(C)n1nc(-c2cccc(OC(F)(F)F)c2)nc1C1[C@H]2CC(N3CCCOCC3)C[C@@H]12. The zero-order valence-corrected chi connectivity index (χ0v) is 18.4. The minimum atomic E-state index is -4.73. The van der Waals surface area contributed by atoms with Crippen molar-refractivity contribution in [3.05, 3.63) is 30.1 Å². The number of fused-ring (bicyclic) bond motifs is 1. The van der Waals surface area contributed by atoms with Crippen LogP contribution in [-0.2, 0) is 4.74 Å². The molecular formula is C23H29F3N4O2. The lowest BCUT2D eigenvalue weighted by molar-refractivity contribution is -0.274. The zero-order valence-electron chi connectivity index (χ0n) is 18.4. The molecule has 2 heterocycles. The number of alkyl halides is 3. The Labute approximate surface area is 185 Å². The van der Waals surface area contributed by atoms with Crippen LogP contribution in [0, 0.1) is 11.8 Å². The van der Waals surface area contributed by atoms with Crippen LogP contribution in [0.15, 0.2) is 24.3 Å². The first-order chi connectivity index (χ1) is 15.3. The lowest BCUT2D eigenvalue weighted by Gasteiger charge is -2.28. The molecule has 32 heavy (non-hydrogen) atoms. The van der Waals surface area contributed by atoms with Crippen molar-refractivity contribution < 1.29 is 22.6 Å². The summed E-state index contributed by atoms with van der Waals surface area (Å²) in [4.78, 5) is 7.40. The summed E-state index contributed by atoms with van der Waals surface area (Å²) >= 11 is 0. The fourth-order valence-corrected chi connectivity index (χ4v) is 5.52. The predicted octanol–water partition coefficient (Wildman–Crippen LogP) is 4.64. The van der Waals surface area contributed by atoms with Gasteiger partial charge < -0.3 is 9.47 Å². The quantitative estimate of drug-likeness (QED) is 0.664. The normalized spacial score (nSPS) is 28.6. The average Bonchev–Trinajstić information content (AvgIpc) is 3.06. The number of hydrogen-bond acceptors (Lipinski definition) is 5. The highest BCUT2D eigenvalue weighted by Gasteiger charge is 2.59. The zero-order chi connectivity index (χ0) is 22.5. The Hall–Kier alpha value is -2.13. The van der Waals surface area contributed by atoms with Crippen LogP contribution in [-0.4, -0.2) is 58.4 Å². The fourth-order valence-electron chi connectivity index (χ4n) is 5.52. The van der Waals surface area contributed by atoms with Crippen molar-refractivity contribution in [1.82, 2.24) is 19.7 Å². The van der Waals surface area contributed by atoms with Crippen molar-refractivity contribution in [2.75, 3.05) is 26.3 Å². The van der Waals surface area contributed by atoms with Gasteiger partial charge in [0.05, 0.1) is 6.61 Å². The molecule has 2 aliphatic carbocycles. The molecule has 9 heteroatoms. The maximum absolute atomic E-state index is 12.6. The van der Waals surface area contributed by atoms with E-state index < -0.39 is 6.36 Å². The highest BCUT2D eigenvalue weighted by Crippen LogP contribution is 2.63. The molecule has 0 bridgehead atoms. The fraction of sp³-hybridized carbons (Fsp3) is 0.652. The molecule has 2 saturated carbocycles. The van der Waals surface area contributed by atoms with Gasteiger partial charge in [-0.15, -0.1) is 13.2 Å². The van der Waals surface area contributed by atoms with Crippen LogP contribution < -0.4 is 4.74 Å². The highest BCUT2D eigenvalue weighted by atomic mass is 19.4. The Bertz CT molecular complexity index is 941. The van der Waals surface area contributed by atoms with Crippen molar-refractivity contribution in [2.45, 2.75) is 57.5 Å². The molecule has 3 aliphatic rings. The van der Waals surface area contributed by atoms with Crippen LogP contribution >= 0.6 is 0 Å². The first kappa shape index (κ1) is 21.7. The molecule has 0 spiro atoms. The summed E-state index contributed by atoms with van der Waals surface area (Å²) in [6, 6.07) is 6.64. The number of ether oxygens (including phenoxy) is 2. The largest absolute Gasteiger partial charge is 0.573 e. The number of rotatable bonds is 5. The molecule has 5 rings (SSSR count). The summed E-state index contributed by atoms with van der Waals surface area (Å²) in [5, 5.41) is 4.67. The Morgan fingerprint density at radius 3 is 2.62 bits per heavy atom. The molecule has 6 nitrogen and oxygen atoms in total. The molecular weight excluding hydrogens is 421 g/mol. The standard InChI is InChI=1S/C23H29F3N4O2/c1-14(2)30-22(20-18-12-16(13-19(18)20)29-7-4-9-31-10-8-29)27-21(28-30)15-5-3-6-17(11-15)32-23(24,25)26/h3,5-6,11,14,16,18-20H,4,7-10,12-13H2,1-2H3/t16?,18-,19+,20?. The van der Waals surface area contributed by atoms with Crippen LogP contribution in [0.1, 0.15) is 50.9 Å². The summed E-state index contributed by atoms with van der Waals surface area (Å²) in [5.74, 6) is 2.76. The van der Waals surface area contributed by atoms with Crippen LogP contribution in [0.4, 0.5) is 13.2 Å². The third kappa shape index (κ3) is 4.37. The molecule has 174 valence electrons. The van der Waals surface area contributed by atoms with Crippen LogP contribution in [0.3, 0.4) is 0 Å². The molecule has 0 radical (unpaired) electrons. The summed E-state index contributed by atoms with van der Waals surface area (Å²) in [6.07, 6.45) is -1.29. The van der Waals surface area contributed by atoms with Gasteiger partial charge in [0.25, 0.3) is 0 Å². The Morgan fingerprint density at radius 1 is 1.12 bits per heavy atom. The van der Waals surface area contributed by atoms with Gasteiger partial charge >= 0.3 is 6.36 Å². The van der Waals surface area contributed by atoms with Gasteiger partial charge in [-0.2, -0.15) is 5.10 Å². The summed E-state index contributed by atoms with van der Waals surface area (Å²) in [5.41, 5.74) is 0.528. The van der Waals surface area contributed by atoms with Crippen LogP contribution in [0.25, 0.3) is 11.4 Å². The van der Waals surface area contributed by atoms with Gasteiger partial charge in [-0.3, -0.25) is 4.90 Å². The predicted molar refractivity (Wildman–Crippen MR) is 112 cm³/mol. The highest BCUT2D eigenvalue weighted by molar-refractivity contribution is 5.57. The lowest BCUT2D eigenvalue weighted by atomic mass is 10.0. The Kier molecular flexibility index (Phi) is 5.65. The van der Waals surface area contributed by atoms with E-state index in [2.05, 4.69) is 28.6 Å². The van der Waals surface area contributed by atoms with E-state index in [0.717, 1.165) is 38.5 Å². The molecule has 0 amide bonds. The van der Waals surface area contributed by atoms with E-state index in [1.54, 1.807) is 6.07 Å². The van der Waals surface area contributed by atoms with Gasteiger partial charge in [0, 0.05) is 43.3 Å². The van der Waals surface area contributed by atoms with Crippen molar-refractivity contribution in [3.8, 4) is 17.1 Å². The van der Waals surface area contributed by atoms with E-state index in [4.69, 9.17) is 9.72 Å². The van der Waals surface area contributed by atoms with Gasteiger partial charge in [0.1, 0.15) is 11.6 Å². The first-order valence-electron chi connectivity index (χ1n) is 11.4. The molecule has 1 aromatic heterocycles. The van der Waals surface area contributed by atoms with E-state index in [0.29, 0.717) is 35.2 Å². The molecule has 1 aromatic carbocycles. The summed E-state index contributed by atoms with van der Waals surface area (Å²) in [7, 11) is 0. The molecule has 2 unspecified atom stereocenters. The Morgan fingerprint density at radius 2 is 1.91 bits per heavy atom. The maximum Gasteiger partial charge on any atom is 0.573 e.